The summed E-state index contributed by atoms with van der Waals surface area (Å²) in [6, 6.07) is 5.94. The molecule has 18 heavy (non-hydrogen) atoms. The van der Waals surface area contributed by atoms with Crippen molar-refractivity contribution in [2.75, 3.05) is 5.73 Å². The molecule has 0 aliphatic heterocycles. The lowest BCUT2D eigenvalue weighted by Gasteiger charge is -2.06. The summed E-state index contributed by atoms with van der Waals surface area (Å²) in [5.74, 6) is -1.02. The fourth-order valence-electron chi connectivity index (χ4n) is 1.56. The second-order valence-electron chi connectivity index (χ2n) is 3.95. The van der Waals surface area contributed by atoms with Crippen LogP contribution in [0.5, 0.6) is 0 Å². The van der Waals surface area contributed by atoms with E-state index < -0.39 is 11.7 Å². The molecule has 3 nitrogen and oxygen atoms in total. The average molecular weight is 264 g/mol. The number of anilines is 1. The fraction of sp³-hybridized carbons (Fsp3) is 0.154. The molecular weight excluding hydrogens is 251 g/mol. The molecule has 0 saturated carbocycles. The molecule has 0 spiro atoms. The van der Waals surface area contributed by atoms with Crippen molar-refractivity contribution in [1.82, 2.24) is 5.32 Å². The Morgan fingerprint density at radius 2 is 2.22 bits per heavy atom. The van der Waals surface area contributed by atoms with Gasteiger partial charge in [0.15, 0.2) is 0 Å². The molecule has 94 valence electrons. The van der Waals surface area contributed by atoms with E-state index in [1.165, 1.54) is 18.2 Å². The zero-order valence-corrected chi connectivity index (χ0v) is 10.7. The number of nitrogen functional groups attached to an aromatic ring is 1. The molecule has 5 heteroatoms. The van der Waals surface area contributed by atoms with Crippen LogP contribution in [0.1, 0.15) is 20.8 Å². The summed E-state index contributed by atoms with van der Waals surface area (Å²) in [4.78, 5) is 12.9. The Labute approximate surface area is 108 Å². The molecule has 0 aliphatic rings. The molecule has 0 saturated heterocycles. The van der Waals surface area contributed by atoms with Gasteiger partial charge in [0, 0.05) is 10.6 Å². The zero-order chi connectivity index (χ0) is 13.1. The Hall–Kier alpha value is -1.88. The van der Waals surface area contributed by atoms with Crippen molar-refractivity contribution in [3.05, 3.63) is 51.5 Å². The van der Waals surface area contributed by atoms with Gasteiger partial charge in [-0.15, -0.1) is 11.3 Å². The molecule has 2 rings (SSSR count). The Balaban J connectivity index is 2.08. The number of halogens is 1. The molecule has 0 unspecified atom stereocenters. The van der Waals surface area contributed by atoms with Gasteiger partial charge in [0.2, 0.25) is 0 Å². The monoisotopic (exact) mass is 264 g/mol. The first kappa shape index (κ1) is 12.6. The third kappa shape index (κ3) is 2.68. The quantitative estimate of drug-likeness (QED) is 0.837. The minimum absolute atomic E-state index is 0.0239. The van der Waals surface area contributed by atoms with Gasteiger partial charge < -0.3 is 11.1 Å². The van der Waals surface area contributed by atoms with Crippen LogP contribution < -0.4 is 11.1 Å². The Kier molecular flexibility index (Phi) is 3.62. The normalized spacial score (nSPS) is 10.3. The third-order valence-corrected chi connectivity index (χ3v) is 3.64. The van der Waals surface area contributed by atoms with Crippen LogP contribution in [0.25, 0.3) is 0 Å². The highest BCUT2D eigenvalue weighted by Gasteiger charge is 2.12. The lowest BCUT2D eigenvalue weighted by Crippen LogP contribution is -2.23. The Morgan fingerprint density at radius 3 is 2.89 bits per heavy atom. The number of nitrogens with one attached hydrogen (secondary N) is 1. The van der Waals surface area contributed by atoms with Gasteiger partial charge in [0.1, 0.15) is 5.82 Å². The number of rotatable bonds is 3. The van der Waals surface area contributed by atoms with E-state index in [0.29, 0.717) is 12.2 Å². The molecule has 1 amide bonds. The number of benzene rings is 1. The Bertz CT molecular complexity index is 580. The van der Waals surface area contributed by atoms with Crippen LogP contribution in [-0.2, 0) is 6.54 Å². The first-order valence-corrected chi connectivity index (χ1v) is 6.32. The molecule has 3 N–H and O–H groups in total. The third-order valence-electron chi connectivity index (χ3n) is 2.61. The van der Waals surface area contributed by atoms with Crippen molar-refractivity contribution in [2.45, 2.75) is 13.5 Å². The van der Waals surface area contributed by atoms with Gasteiger partial charge >= 0.3 is 0 Å². The smallest absolute Gasteiger partial charge is 0.254 e. The van der Waals surface area contributed by atoms with Crippen LogP contribution in [0.2, 0.25) is 0 Å². The Morgan fingerprint density at radius 1 is 1.44 bits per heavy atom. The maximum absolute atomic E-state index is 13.5. The molecule has 0 bridgehead atoms. The fourth-order valence-corrected chi connectivity index (χ4v) is 2.40. The van der Waals surface area contributed by atoms with E-state index in [1.807, 2.05) is 18.4 Å². The number of hydrogen-bond donors (Lipinski definition) is 2. The summed E-state index contributed by atoms with van der Waals surface area (Å²) in [5, 5.41) is 4.64. The van der Waals surface area contributed by atoms with E-state index in [4.69, 9.17) is 5.73 Å². The lowest BCUT2D eigenvalue weighted by atomic mass is 10.1. The standard InChI is InChI=1S/C13H13FN2OS/c1-8-4-5-18-12(8)7-16-13(17)10-6-9(15)2-3-11(10)14/h2-6H,7,15H2,1H3,(H,16,17). The largest absolute Gasteiger partial charge is 0.399 e. The van der Waals surface area contributed by atoms with Crippen molar-refractivity contribution in [1.29, 1.82) is 0 Å². The molecule has 1 aromatic heterocycles. The number of hydrogen-bond acceptors (Lipinski definition) is 3. The minimum Gasteiger partial charge on any atom is -0.399 e. The van der Waals surface area contributed by atoms with E-state index in [0.717, 1.165) is 10.4 Å². The van der Waals surface area contributed by atoms with E-state index in [9.17, 15) is 9.18 Å². The highest BCUT2D eigenvalue weighted by atomic mass is 32.1. The van der Waals surface area contributed by atoms with Gasteiger partial charge in [-0.1, -0.05) is 0 Å². The van der Waals surface area contributed by atoms with Crippen LogP contribution >= 0.6 is 11.3 Å². The van der Waals surface area contributed by atoms with Crippen LogP contribution in [0.15, 0.2) is 29.6 Å². The molecule has 1 heterocycles. The van der Waals surface area contributed by atoms with E-state index in [2.05, 4.69) is 5.32 Å². The summed E-state index contributed by atoms with van der Waals surface area (Å²) >= 11 is 1.56. The molecule has 0 fully saturated rings. The van der Waals surface area contributed by atoms with E-state index >= 15 is 0 Å². The summed E-state index contributed by atoms with van der Waals surface area (Å²) in [7, 11) is 0. The molecule has 0 atom stereocenters. The van der Waals surface area contributed by atoms with Gasteiger partial charge in [0.25, 0.3) is 5.91 Å². The molecule has 0 radical (unpaired) electrons. The first-order chi connectivity index (χ1) is 8.58. The summed E-state index contributed by atoms with van der Waals surface area (Å²) in [5.41, 5.74) is 7.00. The van der Waals surface area contributed by atoms with Gasteiger partial charge in [-0.3, -0.25) is 4.79 Å². The number of carbonyl (C=O) groups is 1. The van der Waals surface area contributed by atoms with Crippen LogP contribution in [0, 0.1) is 12.7 Å². The van der Waals surface area contributed by atoms with Crippen molar-refractivity contribution < 1.29 is 9.18 Å². The molecule has 2 aromatic rings. The van der Waals surface area contributed by atoms with Crippen LogP contribution in [0.3, 0.4) is 0 Å². The lowest BCUT2D eigenvalue weighted by molar-refractivity contribution is 0.0947. The number of aryl methyl sites for hydroxylation is 1. The topological polar surface area (TPSA) is 55.1 Å². The maximum Gasteiger partial charge on any atom is 0.254 e. The highest BCUT2D eigenvalue weighted by Crippen LogP contribution is 2.16. The minimum atomic E-state index is -0.565. The number of thiophene rings is 1. The second kappa shape index (κ2) is 5.18. The number of carbonyl (C=O) groups excluding carboxylic acids is 1. The van der Waals surface area contributed by atoms with E-state index in [1.54, 1.807) is 11.3 Å². The average Bonchev–Trinajstić information content (AvgIpc) is 2.75. The predicted octanol–water partition coefficient (Wildman–Crippen LogP) is 2.71. The van der Waals surface area contributed by atoms with Gasteiger partial charge in [-0.05, 0) is 42.1 Å². The molecule has 0 aliphatic carbocycles. The molecular formula is C13H13FN2OS. The van der Waals surface area contributed by atoms with Crippen molar-refractivity contribution in [3.8, 4) is 0 Å². The van der Waals surface area contributed by atoms with Gasteiger partial charge in [-0.25, -0.2) is 4.39 Å². The maximum atomic E-state index is 13.5. The number of amides is 1. The SMILES string of the molecule is Cc1ccsc1CNC(=O)c1cc(N)ccc1F. The van der Waals surface area contributed by atoms with Crippen LogP contribution in [-0.4, -0.2) is 5.91 Å². The summed E-state index contributed by atoms with van der Waals surface area (Å²) in [6.07, 6.45) is 0. The van der Waals surface area contributed by atoms with Crippen molar-refractivity contribution in [3.63, 3.8) is 0 Å². The summed E-state index contributed by atoms with van der Waals surface area (Å²) in [6.45, 7) is 2.37. The van der Waals surface area contributed by atoms with Gasteiger partial charge in [-0.2, -0.15) is 0 Å². The first-order valence-electron chi connectivity index (χ1n) is 5.44. The van der Waals surface area contributed by atoms with E-state index in [-0.39, 0.29) is 5.56 Å². The number of nitrogens with two attached hydrogens (primary N) is 1. The predicted molar refractivity (Wildman–Crippen MR) is 71.0 cm³/mol. The van der Waals surface area contributed by atoms with Crippen molar-refractivity contribution >= 4 is 22.9 Å². The van der Waals surface area contributed by atoms with Crippen molar-refractivity contribution in [2.24, 2.45) is 0 Å². The molecule has 1 aromatic carbocycles. The highest BCUT2D eigenvalue weighted by molar-refractivity contribution is 7.10. The second-order valence-corrected chi connectivity index (χ2v) is 4.95. The van der Waals surface area contributed by atoms with Gasteiger partial charge in [0.05, 0.1) is 12.1 Å². The van der Waals surface area contributed by atoms with Crippen LogP contribution in [0.4, 0.5) is 10.1 Å². The summed E-state index contributed by atoms with van der Waals surface area (Å²) < 4.78 is 13.5. The zero-order valence-electron chi connectivity index (χ0n) is 9.87.